The van der Waals surface area contributed by atoms with Gasteiger partial charge in [0.05, 0.1) is 11.4 Å². The molecule has 0 amide bonds. The monoisotopic (exact) mass is 300 g/mol. The van der Waals surface area contributed by atoms with E-state index in [9.17, 15) is 8.42 Å². The van der Waals surface area contributed by atoms with Crippen molar-refractivity contribution < 1.29 is 8.42 Å². The van der Waals surface area contributed by atoms with Crippen LogP contribution in [0.25, 0.3) is 0 Å². The number of aryl methyl sites for hydroxylation is 2. The van der Waals surface area contributed by atoms with Crippen molar-refractivity contribution in [1.29, 1.82) is 0 Å². The number of rotatable bonds is 4. The van der Waals surface area contributed by atoms with Crippen molar-refractivity contribution in [1.82, 2.24) is 14.5 Å². The molecule has 0 bridgehead atoms. The molecule has 2 unspecified atom stereocenters. The van der Waals surface area contributed by atoms with Crippen LogP contribution in [-0.2, 0) is 10.0 Å². The average Bonchev–Trinajstić information content (AvgIpc) is 2.77. The van der Waals surface area contributed by atoms with Gasteiger partial charge in [-0.15, -0.1) is 0 Å². The molecule has 3 N–H and O–H groups in total. The maximum Gasteiger partial charge on any atom is 0.246 e. The molecule has 1 aromatic heterocycles. The normalized spacial score (nSPS) is 24.2. The zero-order chi connectivity index (χ0) is 14.9. The van der Waals surface area contributed by atoms with Gasteiger partial charge in [0.15, 0.2) is 0 Å². The quantitative estimate of drug-likeness (QED) is 0.873. The van der Waals surface area contributed by atoms with E-state index in [1.54, 1.807) is 20.9 Å². The minimum absolute atomic E-state index is 0.00699. The van der Waals surface area contributed by atoms with Gasteiger partial charge in [0.2, 0.25) is 10.0 Å². The molecule has 20 heavy (non-hydrogen) atoms. The summed E-state index contributed by atoms with van der Waals surface area (Å²) in [5.74, 6) is 0.246. The van der Waals surface area contributed by atoms with Crippen molar-refractivity contribution >= 4 is 10.0 Å². The van der Waals surface area contributed by atoms with Gasteiger partial charge in [-0.1, -0.05) is 12.8 Å². The van der Waals surface area contributed by atoms with Crippen LogP contribution in [0.3, 0.4) is 0 Å². The van der Waals surface area contributed by atoms with Gasteiger partial charge >= 0.3 is 0 Å². The third-order valence-corrected chi connectivity index (χ3v) is 6.48. The summed E-state index contributed by atoms with van der Waals surface area (Å²) in [6.45, 7) is 3.99. The van der Waals surface area contributed by atoms with Crippen LogP contribution in [0, 0.1) is 19.8 Å². The fraction of sp³-hybridized carbons (Fsp3) is 0.769. The van der Waals surface area contributed by atoms with Gasteiger partial charge in [0.25, 0.3) is 0 Å². The van der Waals surface area contributed by atoms with Crippen LogP contribution in [0.15, 0.2) is 4.90 Å². The van der Waals surface area contributed by atoms with Crippen LogP contribution in [-0.4, -0.2) is 42.6 Å². The standard InChI is InChI=1S/C13H24N4O2S/c1-9-13(10(2)16-15-9)20(18,19)17(3)12-7-5-4-6-11(12)8-14/h11-12H,4-8,14H2,1-3H3,(H,15,16). The van der Waals surface area contributed by atoms with Crippen molar-refractivity contribution in [2.45, 2.75) is 50.5 Å². The van der Waals surface area contributed by atoms with Crippen molar-refractivity contribution in [3.63, 3.8) is 0 Å². The molecular formula is C13H24N4O2S. The smallest absolute Gasteiger partial charge is 0.246 e. The van der Waals surface area contributed by atoms with E-state index >= 15 is 0 Å². The van der Waals surface area contributed by atoms with E-state index in [4.69, 9.17) is 5.73 Å². The summed E-state index contributed by atoms with van der Waals surface area (Å²) in [5.41, 5.74) is 6.93. The number of hydrogen-bond donors (Lipinski definition) is 2. The summed E-state index contributed by atoms with van der Waals surface area (Å²) in [6, 6.07) is -0.00699. The fourth-order valence-electron chi connectivity index (χ4n) is 3.18. The summed E-state index contributed by atoms with van der Waals surface area (Å²) >= 11 is 0. The van der Waals surface area contributed by atoms with Crippen LogP contribution < -0.4 is 5.73 Å². The highest BCUT2D eigenvalue weighted by atomic mass is 32.2. The van der Waals surface area contributed by atoms with Crippen LogP contribution in [0.2, 0.25) is 0 Å². The summed E-state index contributed by atoms with van der Waals surface area (Å²) < 4.78 is 27.2. The van der Waals surface area contributed by atoms with Crippen molar-refractivity contribution in [3.8, 4) is 0 Å². The number of hydrogen-bond acceptors (Lipinski definition) is 4. The first-order chi connectivity index (χ1) is 9.39. The highest BCUT2D eigenvalue weighted by Crippen LogP contribution is 2.31. The Balaban J connectivity index is 2.34. The lowest BCUT2D eigenvalue weighted by molar-refractivity contribution is 0.204. The van der Waals surface area contributed by atoms with Gasteiger partial charge in [0.1, 0.15) is 4.90 Å². The Morgan fingerprint density at radius 1 is 1.35 bits per heavy atom. The second-order valence-electron chi connectivity index (χ2n) is 5.63. The lowest BCUT2D eigenvalue weighted by Crippen LogP contribution is -2.46. The second-order valence-corrected chi connectivity index (χ2v) is 7.57. The van der Waals surface area contributed by atoms with Gasteiger partial charge in [-0.05, 0) is 39.2 Å². The maximum atomic E-state index is 12.8. The number of nitrogens with two attached hydrogens (primary N) is 1. The molecule has 0 aromatic carbocycles. The summed E-state index contributed by atoms with van der Waals surface area (Å²) in [5, 5.41) is 6.74. The topological polar surface area (TPSA) is 92.1 Å². The zero-order valence-corrected chi connectivity index (χ0v) is 13.2. The molecule has 1 fully saturated rings. The molecule has 6 nitrogen and oxygen atoms in total. The lowest BCUT2D eigenvalue weighted by Gasteiger charge is -2.36. The molecule has 2 rings (SSSR count). The largest absolute Gasteiger partial charge is 0.330 e. The van der Waals surface area contributed by atoms with Gasteiger partial charge in [-0.2, -0.15) is 9.40 Å². The molecule has 114 valence electrons. The van der Waals surface area contributed by atoms with Crippen LogP contribution in [0.1, 0.15) is 37.1 Å². The maximum absolute atomic E-state index is 12.8. The van der Waals surface area contributed by atoms with E-state index in [-0.39, 0.29) is 12.0 Å². The Bertz CT molecular complexity index is 547. The van der Waals surface area contributed by atoms with Crippen molar-refractivity contribution in [3.05, 3.63) is 11.4 Å². The van der Waals surface area contributed by atoms with Gasteiger partial charge < -0.3 is 5.73 Å². The van der Waals surface area contributed by atoms with E-state index < -0.39 is 10.0 Å². The van der Waals surface area contributed by atoms with Gasteiger partial charge in [-0.3, -0.25) is 5.10 Å². The Kier molecular flexibility index (Phi) is 4.51. The highest BCUT2D eigenvalue weighted by Gasteiger charge is 2.36. The third kappa shape index (κ3) is 2.62. The average molecular weight is 300 g/mol. The second kappa shape index (κ2) is 5.83. The molecule has 0 aliphatic heterocycles. The number of aromatic amines is 1. The first kappa shape index (κ1) is 15.5. The summed E-state index contributed by atoms with van der Waals surface area (Å²) in [7, 11) is -1.85. The van der Waals surface area contributed by atoms with E-state index in [0.717, 1.165) is 25.7 Å². The molecule has 0 spiro atoms. The lowest BCUT2D eigenvalue weighted by atomic mass is 9.85. The molecule has 7 heteroatoms. The minimum atomic E-state index is -3.52. The Morgan fingerprint density at radius 2 is 2.00 bits per heavy atom. The van der Waals surface area contributed by atoms with E-state index in [2.05, 4.69) is 10.2 Å². The molecule has 1 heterocycles. The van der Waals surface area contributed by atoms with Crippen LogP contribution in [0.5, 0.6) is 0 Å². The zero-order valence-electron chi connectivity index (χ0n) is 12.4. The van der Waals surface area contributed by atoms with Crippen LogP contribution in [0.4, 0.5) is 0 Å². The first-order valence-corrected chi connectivity index (χ1v) is 8.53. The molecule has 1 aromatic rings. The minimum Gasteiger partial charge on any atom is -0.330 e. The van der Waals surface area contributed by atoms with E-state index in [0.29, 0.717) is 22.8 Å². The number of sulfonamides is 1. The predicted molar refractivity (Wildman–Crippen MR) is 77.8 cm³/mol. The van der Waals surface area contributed by atoms with Gasteiger partial charge in [0, 0.05) is 13.1 Å². The van der Waals surface area contributed by atoms with E-state index in [1.807, 2.05) is 0 Å². The number of nitrogens with zero attached hydrogens (tertiary/aromatic N) is 2. The molecule has 1 aliphatic carbocycles. The number of nitrogens with one attached hydrogen (secondary N) is 1. The Labute approximate surface area is 120 Å². The summed E-state index contributed by atoms with van der Waals surface area (Å²) in [4.78, 5) is 0.307. The molecule has 0 saturated heterocycles. The van der Waals surface area contributed by atoms with Gasteiger partial charge in [-0.25, -0.2) is 8.42 Å². The first-order valence-electron chi connectivity index (χ1n) is 7.09. The number of H-pyrrole nitrogens is 1. The van der Waals surface area contributed by atoms with Crippen molar-refractivity contribution in [2.75, 3.05) is 13.6 Å². The van der Waals surface area contributed by atoms with Crippen LogP contribution >= 0.6 is 0 Å². The molecule has 1 aliphatic rings. The number of aromatic nitrogens is 2. The SMILES string of the molecule is Cc1n[nH]c(C)c1S(=O)(=O)N(C)C1CCCCC1CN. The molecular weight excluding hydrogens is 276 g/mol. The Hall–Kier alpha value is -0.920. The fourth-order valence-corrected chi connectivity index (χ4v) is 4.96. The van der Waals surface area contributed by atoms with Crippen molar-refractivity contribution in [2.24, 2.45) is 11.7 Å². The molecule has 2 atom stereocenters. The molecule has 1 saturated carbocycles. The predicted octanol–water partition coefficient (Wildman–Crippen LogP) is 1.16. The Morgan fingerprint density at radius 3 is 2.55 bits per heavy atom. The molecule has 0 radical (unpaired) electrons. The summed E-state index contributed by atoms with van der Waals surface area (Å²) in [6.07, 6.45) is 4.08. The highest BCUT2D eigenvalue weighted by molar-refractivity contribution is 7.89. The van der Waals surface area contributed by atoms with E-state index in [1.165, 1.54) is 4.31 Å². The third-order valence-electron chi connectivity index (χ3n) is 4.34.